The van der Waals surface area contributed by atoms with Gasteiger partial charge < -0.3 is 9.64 Å². The molecule has 0 unspecified atom stereocenters. The number of nitriles is 1. The first kappa shape index (κ1) is 13.6. The van der Waals surface area contributed by atoms with Crippen molar-refractivity contribution in [2.75, 3.05) is 11.5 Å². The molecule has 1 aromatic heterocycles. The fourth-order valence-electron chi connectivity index (χ4n) is 2.19. The number of benzene rings is 1. The minimum absolute atomic E-state index is 0.00319. The molecule has 2 aromatic rings. The lowest BCUT2D eigenvalue weighted by Crippen LogP contribution is -2.38. The number of ether oxygens (including phenoxy) is 1. The van der Waals surface area contributed by atoms with Crippen LogP contribution in [0.4, 0.5) is 5.69 Å². The van der Waals surface area contributed by atoms with Crippen LogP contribution in [-0.2, 0) is 11.3 Å². The Balaban J connectivity index is 2.01. The van der Waals surface area contributed by atoms with Gasteiger partial charge in [-0.15, -0.1) is 0 Å². The summed E-state index contributed by atoms with van der Waals surface area (Å²) in [7, 11) is 0. The molecule has 104 valence electrons. The second-order valence-corrected chi connectivity index (χ2v) is 5.42. The van der Waals surface area contributed by atoms with E-state index < -0.39 is 0 Å². The number of aromatic nitrogens is 1. The number of amides is 1. The normalized spacial score (nSPS) is 13.3. The van der Waals surface area contributed by atoms with Crippen LogP contribution in [0.25, 0.3) is 0 Å². The Morgan fingerprint density at radius 1 is 1.43 bits per heavy atom. The summed E-state index contributed by atoms with van der Waals surface area (Å²) in [6.07, 6.45) is 1.56. The van der Waals surface area contributed by atoms with Crippen molar-refractivity contribution in [3.8, 4) is 11.8 Å². The number of hydrogen-bond acceptors (Lipinski definition) is 4. The molecule has 0 aliphatic carbocycles. The maximum atomic E-state index is 12.2. The Morgan fingerprint density at radius 2 is 2.29 bits per heavy atom. The summed E-state index contributed by atoms with van der Waals surface area (Å²) < 4.78 is 6.28. The second-order valence-electron chi connectivity index (χ2n) is 4.50. The number of hydrogen-bond donors (Lipinski definition) is 0. The molecule has 0 radical (unpaired) electrons. The minimum Gasteiger partial charge on any atom is -0.482 e. The molecule has 0 bridgehead atoms. The van der Waals surface area contributed by atoms with Gasteiger partial charge in [-0.2, -0.15) is 5.26 Å². The third-order valence-electron chi connectivity index (χ3n) is 3.19. The third-order valence-corrected chi connectivity index (χ3v) is 3.68. The highest BCUT2D eigenvalue weighted by Crippen LogP contribution is 2.35. The number of halogens is 1. The molecule has 1 aliphatic heterocycles. The lowest BCUT2D eigenvalue weighted by molar-refractivity contribution is -0.121. The summed E-state index contributed by atoms with van der Waals surface area (Å²) in [4.78, 5) is 17.8. The van der Waals surface area contributed by atoms with Crippen LogP contribution in [-0.4, -0.2) is 17.5 Å². The van der Waals surface area contributed by atoms with E-state index in [2.05, 4.69) is 20.9 Å². The summed E-state index contributed by atoms with van der Waals surface area (Å²) in [6.45, 7) is 0.291. The molecule has 0 saturated heterocycles. The van der Waals surface area contributed by atoms with Crippen molar-refractivity contribution in [3.63, 3.8) is 0 Å². The molecule has 0 fully saturated rings. The van der Waals surface area contributed by atoms with Gasteiger partial charge in [0.2, 0.25) is 0 Å². The van der Waals surface area contributed by atoms with Crippen molar-refractivity contribution in [3.05, 3.63) is 52.3 Å². The maximum Gasteiger partial charge on any atom is 0.265 e. The van der Waals surface area contributed by atoms with Gasteiger partial charge in [0.05, 0.1) is 12.2 Å². The summed E-state index contributed by atoms with van der Waals surface area (Å²) in [5.41, 5.74) is 1.72. The van der Waals surface area contributed by atoms with Crippen LogP contribution in [0.15, 0.2) is 41.0 Å². The molecule has 1 aliphatic rings. The van der Waals surface area contributed by atoms with Crippen LogP contribution in [0.1, 0.15) is 11.3 Å². The molecule has 1 aromatic carbocycles. The molecule has 3 rings (SSSR count). The Kier molecular flexibility index (Phi) is 3.59. The first-order valence-electron chi connectivity index (χ1n) is 6.26. The smallest absolute Gasteiger partial charge is 0.265 e. The third kappa shape index (κ3) is 2.60. The molecule has 21 heavy (non-hydrogen) atoms. The van der Waals surface area contributed by atoms with Crippen molar-refractivity contribution in [2.45, 2.75) is 6.54 Å². The molecular formula is C15H10BrN3O2. The Bertz CT molecular complexity index is 755. The van der Waals surface area contributed by atoms with Crippen molar-refractivity contribution in [1.29, 1.82) is 5.26 Å². The van der Waals surface area contributed by atoms with Gasteiger partial charge in [-0.3, -0.25) is 4.79 Å². The van der Waals surface area contributed by atoms with Crippen molar-refractivity contribution < 1.29 is 9.53 Å². The first-order chi connectivity index (χ1) is 10.2. The van der Waals surface area contributed by atoms with Crippen LogP contribution < -0.4 is 9.64 Å². The zero-order chi connectivity index (χ0) is 14.8. The number of fused-ring (bicyclic) bond motifs is 1. The lowest BCUT2D eigenvalue weighted by atomic mass is 10.1. The average molecular weight is 344 g/mol. The van der Waals surface area contributed by atoms with Gasteiger partial charge in [-0.1, -0.05) is 22.0 Å². The summed E-state index contributed by atoms with van der Waals surface area (Å²) in [5.74, 6) is 0.508. The van der Waals surface area contributed by atoms with Gasteiger partial charge in [0.1, 0.15) is 17.5 Å². The second kappa shape index (κ2) is 5.54. The summed E-state index contributed by atoms with van der Waals surface area (Å²) in [6, 6.07) is 11.1. The van der Waals surface area contributed by atoms with E-state index in [1.54, 1.807) is 23.2 Å². The average Bonchev–Trinajstić information content (AvgIpc) is 2.50. The molecule has 6 heteroatoms. The number of anilines is 1. The fraction of sp³-hybridized carbons (Fsp3) is 0.133. The summed E-state index contributed by atoms with van der Waals surface area (Å²) >= 11 is 3.39. The van der Waals surface area contributed by atoms with E-state index in [0.29, 0.717) is 29.2 Å². The molecule has 0 N–H and O–H groups in total. The Hall–Kier alpha value is -2.39. The number of pyridine rings is 1. The van der Waals surface area contributed by atoms with Gasteiger partial charge in [0.25, 0.3) is 5.91 Å². The molecule has 2 heterocycles. The van der Waals surface area contributed by atoms with Crippen LogP contribution in [0, 0.1) is 11.3 Å². The van der Waals surface area contributed by atoms with E-state index in [-0.39, 0.29) is 12.5 Å². The largest absolute Gasteiger partial charge is 0.482 e. The van der Waals surface area contributed by atoms with Gasteiger partial charge in [-0.05, 0) is 24.3 Å². The molecular weight excluding hydrogens is 334 g/mol. The number of nitrogens with zero attached hydrogens (tertiary/aromatic N) is 3. The van der Waals surface area contributed by atoms with Crippen molar-refractivity contribution >= 4 is 27.5 Å². The van der Waals surface area contributed by atoms with E-state index in [4.69, 9.17) is 10.00 Å². The van der Waals surface area contributed by atoms with E-state index in [1.165, 1.54) is 0 Å². The number of rotatable bonds is 2. The highest BCUT2D eigenvalue weighted by Gasteiger charge is 2.26. The van der Waals surface area contributed by atoms with Gasteiger partial charge in [0.15, 0.2) is 6.61 Å². The SMILES string of the molecule is N#Cc1ncccc1CN1C(=O)COc2ccc(Br)cc21. The monoisotopic (exact) mass is 343 g/mol. The van der Waals surface area contributed by atoms with Crippen LogP contribution >= 0.6 is 15.9 Å². The van der Waals surface area contributed by atoms with Crippen LogP contribution in [0.2, 0.25) is 0 Å². The minimum atomic E-state index is -0.145. The zero-order valence-electron chi connectivity index (χ0n) is 10.9. The molecule has 0 saturated carbocycles. The van der Waals surface area contributed by atoms with E-state index in [0.717, 1.165) is 4.47 Å². The lowest BCUT2D eigenvalue weighted by Gasteiger charge is -2.29. The van der Waals surface area contributed by atoms with Crippen molar-refractivity contribution in [2.24, 2.45) is 0 Å². The number of carbonyl (C=O) groups is 1. The van der Waals surface area contributed by atoms with Gasteiger partial charge >= 0.3 is 0 Å². The molecule has 5 nitrogen and oxygen atoms in total. The Morgan fingerprint density at radius 3 is 3.10 bits per heavy atom. The molecule has 0 atom stereocenters. The number of carbonyl (C=O) groups excluding carboxylic acids is 1. The van der Waals surface area contributed by atoms with Crippen LogP contribution in [0.5, 0.6) is 5.75 Å². The van der Waals surface area contributed by atoms with Crippen LogP contribution in [0.3, 0.4) is 0 Å². The molecule has 0 spiro atoms. The quantitative estimate of drug-likeness (QED) is 0.840. The standard InChI is InChI=1S/C15H10BrN3O2/c16-11-3-4-14-13(6-11)19(15(20)9-21-14)8-10-2-1-5-18-12(10)7-17/h1-6H,8-9H2. The highest BCUT2D eigenvalue weighted by atomic mass is 79.9. The predicted octanol–water partition coefficient (Wildman–Crippen LogP) is 2.64. The van der Waals surface area contributed by atoms with E-state index >= 15 is 0 Å². The summed E-state index contributed by atoms with van der Waals surface area (Å²) in [5, 5.41) is 9.11. The fourth-order valence-corrected chi connectivity index (χ4v) is 2.53. The first-order valence-corrected chi connectivity index (χ1v) is 7.05. The molecule has 1 amide bonds. The highest BCUT2D eigenvalue weighted by molar-refractivity contribution is 9.10. The topological polar surface area (TPSA) is 66.2 Å². The zero-order valence-corrected chi connectivity index (χ0v) is 12.5. The van der Waals surface area contributed by atoms with E-state index in [1.807, 2.05) is 24.3 Å². The maximum absolute atomic E-state index is 12.2. The Labute approximate surface area is 129 Å². The van der Waals surface area contributed by atoms with Crippen molar-refractivity contribution in [1.82, 2.24) is 4.98 Å². The predicted molar refractivity (Wildman–Crippen MR) is 79.8 cm³/mol. The van der Waals surface area contributed by atoms with E-state index in [9.17, 15) is 4.79 Å². The van der Waals surface area contributed by atoms with Gasteiger partial charge in [-0.25, -0.2) is 4.98 Å². The van der Waals surface area contributed by atoms with Gasteiger partial charge in [0, 0.05) is 16.2 Å².